The zero-order valence-electron chi connectivity index (χ0n) is 15.8. The smallest absolute Gasteiger partial charge is 0.127 e. The van der Waals surface area contributed by atoms with E-state index in [1.165, 1.54) is 33.2 Å². The van der Waals surface area contributed by atoms with Gasteiger partial charge in [0.05, 0.1) is 6.10 Å². The number of hydrogen-bond acceptors (Lipinski definition) is 3. The summed E-state index contributed by atoms with van der Waals surface area (Å²) in [4.78, 5) is 2.49. The van der Waals surface area contributed by atoms with Gasteiger partial charge in [0.1, 0.15) is 12.4 Å². The summed E-state index contributed by atoms with van der Waals surface area (Å²) in [7, 11) is 0. The molecule has 2 aliphatic rings. The second kappa shape index (κ2) is 8.59. The lowest BCUT2D eigenvalue weighted by atomic mass is 10.1. The monoisotopic (exact) mass is 427 g/mol. The molecular formula is C23H26BrNO2. The van der Waals surface area contributed by atoms with Crippen molar-refractivity contribution < 1.29 is 9.47 Å². The van der Waals surface area contributed by atoms with Gasteiger partial charge >= 0.3 is 0 Å². The predicted molar refractivity (Wildman–Crippen MR) is 113 cm³/mol. The van der Waals surface area contributed by atoms with E-state index in [4.69, 9.17) is 9.47 Å². The molecule has 0 amide bonds. The maximum absolute atomic E-state index is 5.96. The lowest BCUT2D eigenvalue weighted by Gasteiger charge is -2.28. The van der Waals surface area contributed by atoms with Gasteiger partial charge in [-0.2, -0.15) is 0 Å². The fourth-order valence-corrected chi connectivity index (χ4v) is 4.44. The van der Waals surface area contributed by atoms with Crippen molar-refractivity contribution in [1.82, 2.24) is 4.90 Å². The first-order valence-corrected chi connectivity index (χ1v) is 10.5. The van der Waals surface area contributed by atoms with Crippen molar-refractivity contribution in [3.05, 3.63) is 69.2 Å². The molecule has 2 heterocycles. The molecule has 3 nitrogen and oxygen atoms in total. The Morgan fingerprint density at radius 3 is 2.85 bits per heavy atom. The van der Waals surface area contributed by atoms with Crippen LogP contribution in [-0.2, 0) is 11.3 Å². The molecule has 1 atom stereocenters. The standard InChI is InChI=1S/C23H26BrNO2/c1-17-8-9-20(22(24)11-17)14-25(15-21-6-4-10-26-21)13-18-12-19-5-2-3-7-23(19)27-16-18/h2-3,5,7-9,11-12,21H,4,6,10,13-16H2,1H3. The average molecular weight is 428 g/mol. The average Bonchev–Trinajstić information content (AvgIpc) is 3.17. The molecule has 0 bridgehead atoms. The number of hydrogen-bond donors (Lipinski definition) is 0. The van der Waals surface area contributed by atoms with Crippen LogP contribution in [0.2, 0.25) is 0 Å². The number of aryl methyl sites for hydroxylation is 1. The van der Waals surface area contributed by atoms with E-state index in [0.717, 1.165) is 38.4 Å². The van der Waals surface area contributed by atoms with Crippen LogP contribution in [0, 0.1) is 6.92 Å². The Bertz CT molecular complexity index is 827. The molecule has 142 valence electrons. The second-order valence-corrected chi connectivity index (χ2v) is 8.38. The van der Waals surface area contributed by atoms with E-state index in [2.05, 4.69) is 64.2 Å². The van der Waals surface area contributed by atoms with Gasteiger partial charge < -0.3 is 9.47 Å². The molecule has 0 aromatic heterocycles. The van der Waals surface area contributed by atoms with Crippen LogP contribution >= 0.6 is 15.9 Å². The third kappa shape index (κ3) is 4.81. The first-order chi connectivity index (χ1) is 13.2. The van der Waals surface area contributed by atoms with Crippen molar-refractivity contribution in [3.63, 3.8) is 0 Å². The highest BCUT2D eigenvalue weighted by Crippen LogP contribution is 2.27. The highest BCUT2D eigenvalue weighted by molar-refractivity contribution is 9.10. The summed E-state index contributed by atoms with van der Waals surface area (Å²) in [6, 6.07) is 14.8. The van der Waals surface area contributed by atoms with Gasteiger partial charge in [-0.05, 0) is 54.7 Å². The van der Waals surface area contributed by atoms with Gasteiger partial charge in [-0.1, -0.05) is 46.3 Å². The Balaban J connectivity index is 1.52. The Morgan fingerprint density at radius 1 is 1.15 bits per heavy atom. The Labute approximate surface area is 170 Å². The van der Waals surface area contributed by atoms with Crippen LogP contribution < -0.4 is 4.74 Å². The summed E-state index contributed by atoms with van der Waals surface area (Å²) in [6.45, 7) is 6.44. The molecule has 0 spiro atoms. The normalized spacial score (nSPS) is 18.9. The van der Waals surface area contributed by atoms with Crippen molar-refractivity contribution in [3.8, 4) is 5.75 Å². The van der Waals surface area contributed by atoms with E-state index in [0.29, 0.717) is 12.7 Å². The van der Waals surface area contributed by atoms with Gasteiger partial charge in [0.2, 0.25) is 0 Å². The summed E-state index contributed by atoms with van der Waals surface area (Å²) >= 11 is 3.74. The van der Waals surface area contributed by atoms with Gasteiger partial charge in [-0.15, -0.1) is 0 Å². The lowest BCUT2D eigenvalue weighted by molar-refractivity contribution is 0.0730. The molecule has 1 saturated heterocycles. The SMILES string of the molecule is Cc1ccc(CN(CC2=Cc3ccccc3OC2)CC2CCCO2)c(Br)c1. The molecular weight excluding hydrogens is 402 g/mol. The molecule has 1 unspecified atom stereocenters. The molecule has 2 aliphatic heterocycles. The Morgan fingerprint density at radius 2 is 2.04 bits per heavy atom. The van der Waals surface area contributed by atoms with Gasteiger partial charge in [0.15, 0.2) is 0 Å². The summed E-state index contributed by atoms with van der Waals surface area (Å²) < 4.78 is 13.1. The summed E-state index contributed by atoms with van der Waals surface area (Å²) in [5, 5.41) is 0. The van der Waals surface area contributed by atoms with Crippen LogP contribution in [0.25, 0.3) is 6.08 Å². The maximum atomic E-state index is 5.96. The zero-order chi connectivity index (χ0) is 18.6. The topological polar surface area (TPSA) is 21.7 Å². The Hall–Kier alpha value is -1.62. The predicted octanol–water partition coefficient (Wildman–Crippen LogP) is 5.21. The van der Waals surface area contributed by atoms with Crippen molar-refractivity contribution >= 4 is 22.0 Å². The van der Waals surface area contributed by atoms with Crippen LogP contribution in [0.15, 0.2) is 52.5 Å². The van der Waals surface area contributed by atoms with Crippen LogP contribution in [0.3, 0.4) is 0 Å². The largest absolute Gasteiger partial charge is 0.489 e. The second-order valence-electron chi connectivity index (χ2n) is 7.53. The van der Waals surface area contributed by atoms with Crippen molar-refractivity contribution in [1.29, 1.82) is 0 Å². The van der Waals surface area contributed by atoms with E-state index < -0.39 is 0 Å². The van der Waals surface area contributed by atoms with Crippen LogP contribution in [0.1, 0.15) is 29.5 Å². The first kappa shape index (κ1) is 18.7. The van der Waals surface area contributed by atoms with E-state index in [9.17, 15) is 0 Å². The molecule has 2 aromatic carbocycles. The fraction of sp³-hybridized carbons (Fsp3) is 0.391. The third-order valence-corrected chi connectivity index (χ3v) is 5.94. The minimum absolute atomic E-state index is 0.339. The highest BCUT2D eigenvalue weighted by Gasteiger charge is 2.22. The van der Waals surface area contributed by atoms with E-state index in [1.54, 1.807) is 0 Å². The number of halogens is 1. The molecule has 0 N–H and O–H groups in total. The minimum Gasteiger partial charge on any atom is -0.489 e. The van der Waals surface area contributed by atoms with Crippen molar-refractivity contribution in [2.45, 2.75) is 32.4 Å². The van der Waals surface area contributed by atoms with Crippen LogP contribution in [-0.4, -0.2) is 37.3 Å². The first-order valence-electron chi connectivity index (χ1n) is 9.67. The van der Waals surface area contributed by atoms with Crippen molar-refractivity contribution in [2.75, 3.05) is 26.3 Å². The summed E-state index contributed by atoms with van der Waals surface area (Å²) in [6.07, 6.45) is 4.95. The third-order valence-electron chi connectivity index (χ3n) is 5.21. The molecule has 0 saturated carbocycles. The van der Waals surface area contributed by atoms with E-state index in [-0.39, 0.29) is 0 Å². The number of rotatable bonds is 6. The maximum Gasteiger partial charge on any atom is 0.127 e. The van der Waals surface area contributed by atoms with Gasteiger partial charge in [-0.3, -0.25) is 4.90 Å². The van der Waals surface area contributed by atoms with Gasteiger partial charge in [0, 0.05) is 36.3 Å². The highest BCUT2D eigenvalue weighted by atomic mass is 79.9. The number of para-hydroxylation sites is 1. The number of nitrogens with zero attached hydrogens (tertiary/aromatic N) is 1. The van der Waals surface area contributed by atoms with Crippen molar-refractivity contribution in [2.24, 2.45) is 0 Å². The van der Waals surface area contributed by atoms with Crippen LogP contribution in [0.4, 0.5) is 0 Å². The molecule has 2 aromatic rings. The molecule has 1 fully saturated rings. The quantitative estimate of drug-likeness (QED) is 0.630. The molecule has 0 radical (unpaired) electrons. The van der Waals surface area contributed by atoms with Crippen LogP contribution in [0.5, 0.6) is 5.75 Å². The Kier molecular flexibility index (Phi) is 5.96. The summed E-state index contributed by atoms with van der Waals surface area (Å²) in [5.41, 5.74) is 5.08. The fourth-order valence-electron chi connectivity index (χ4n) is 3.82. The molecule has 4 heteroatoms. The molecule has 0 aliphatic carbocycles. The minimum atomic E-state index is 0.339. The van der Waals surface area contributed by atoms with Gasteiger partial charge in [0.25, 0.3) is 0 Å². The van der Waals surface area contributed by atoms with E-state index in [1.807, 2.05) is 12.1 Å². The number of fused-ring (bicyclic) bond motifs is 1. The molecule has 4 rings (SSSR count). The molecule has 27 heavy (non-hydrogen) atoms. The van der Waals surface area contributed by atoms with E-state index >= 15 is 0 Å². The lowest BCUT2D eigenvalue weighted by Crippen LogP contribution is -2.34. The van der Waals surface area contributed by atoms with Gasteiger partial charge in [-0.25, -0.2) is 0 Å². The zero-order valence-corrected chi connectivity index (χ0v) is 17.4. The number of ether oxygens (including phenoxy) is 2. The summed E-state index contributed by atoms with van der Waals surface area (Å²) in [5.74, 6) is 0.980. The number of benzene rings is 2.